The van der Waals surface area contributed by atoms with Crippen molar-refractivity contribution in [3.63, 3.8) is 0 Å². The summed E-state index contributed by atoms with van der Waals surface area (Å²) < 4.78 is 11.0. The first-order valence-corrected chi connectivity index (χ1v) is 14.7. The Morgan fingerprint density at radius 3 is 1.84 bits per heavy atom. The van der Waals surface area contributed by atoms with Crippen LogP contribution in [0.25, 0.3) is 11.4 Å². The van der Waals surface area contributed by atoms with Crippen molar-refractivity contribution in [1.82, 2.24) is 25.2 Å². The van der Waals surface area contributed by atoms with Gasteiger partial charge in [0.1, 0.15) is 0 Å². The van der Waals surface area contributed by atoms with E-state index in [1.54, 1.807) is 24.3 Å². The quantitative estimate of drug-likeness (QED) is 0.394. The van der Waals surface area contributed by atoms with Crippen molar-refractivity contribution in [2.24, 2.45) is 0 Å². The summed E-state index contributed by atoms with van der Waals surface area (Å²) in [5, 5.41) is 9.03. The molecule has 3 saturated heterocycles. The van der Waals surface area contributed by atoms with E-state index in [-0.39, 0.29) is 18.0 Å². The lowest BCUT2D eigenvalue weighted by molar-refractivity contribution is 0.0709. The second-order valence-electron chi connectivity index (χ2n) is 10.8. The number of hydrogen-bond acceptors (Lipinski definition) is 10. The van der Waals surface area contributed by atoms with Crippen LogP contribution < -0.4 is 25.8 Å². The molecule has 0 aliphatic carbocycles. The summed E-state index contributed by atoms with van der Waals surface area (Å²) in [6, 6.07) is 14.2. The van der Waals surface area contributed by atoms with Gasteiger partial charge in [0.05, 0.1) is 26.4 Å². The highest BCUT2D eigenvalue weighted by Crippen LogP contribution is 2.24. The van der Waals surface area contributed by atoms with Crippen LogP contribution in [0.15, 0.2) is 48.5 Å². The number of rotatable bonds is 6. The van der Waals surface area contributed by atoms with E-state index in [1.165, 1.54) is 0 Å². The van der Waals surface area contributed by atoms with Gasteiger partial charge in [-0.25, -0.2) is 4.79 Å². The third-order valence-electron chi connectivity index (χ3n) is 7.65. The van der Waals surface area contributed by atoms with Gasteiger partial charge in [-0.15, -0.1) is 0 Å². The second-order valence-corrected chi connectivity index (χ2v) is 10.8. The maximum absolute atomic E-state index is 12.8. The summed E-state index contributed by atoms with van der Waals surface area (Å²) in [6.45, 7) is 9.63. The fourth-order valence-electron chi connectivity index (χ4n) is 5.28. The number of urea groups is 1. The average molecular weight is 588 g/mol. The number of hydrogen-bond donors (Lipinski definition) is 3. The summed E-state index contributed by atoms with van der Waals surface area (Å²) in [5.41, 5.74) is 2.63. The zero-order valence-electron chi connectivity index (χ0n) is 24.3. The zero-order valence-corrected chi connectivity index (χ0v) is 24.3. The molecule has 3 aliphatic rings. The van der Waals surface area contributed by atoms with Crippen LogP contribution in [0, 0.1) is 0 Å². The lowest BCUT2D eigenvalue weighted by Gasteiger charge is -2.32. The number of aromatic nitrogens is 3. The van der Waals surface area contributed by atoms with Gasteiger partial charge < -0.3 is 40.1 Å². The van der Waals surface area contributed by atoms with Gasteiger partial charge in [-0.3, -0.25) is 4.79 Å². The van der Waals surface area contributed by atoms with Crippen molar-refractivity contribution in [3.8, 4) is 11.4 Å². The van der Waals surface area contributed by atoms with Crippen LogP contribution in [0.3, 0.4) is 0 Å². The zero-order chi connectivity index (χ0) is 29.6. The highest BCUT2D eigenvalue weighted by Gasteiger charge is 2.23. The van der Waals surface area contributed by atoms with Gasteiger partial charge in [-0.05, 0) is 55.5 Å². The largest absolute Gasteiger partial charge is 0.378 e. The summed E-state index contributed by atoms with van der Waals surface area (Å²) in [5.74, 6) is 1.83. The Morgan fingerprint density at radius 1 is 0.767 bits per heavy atom. The predicted octanol–water partition coefficient (Wildman–Crippen LogP) is 2.29. The van der Waals surface area contributed by atoms with Gasteiger partial charge in [0.15, 0.2) is 5.82 Å². The summed E-state index contributed by atoms with van der Waals surface area (Å²) in [4.78, 5) is 46.0. The lowest BCUT2D eigenvalue weighted by Crippen LogP contribution is -2.51. The van der Waals surface area contributed by atoms with Crippen molar-refractivity contribution in [2.45, 2.75) is 13.0 Å². The molecule has 43 heavy (non-hydrogen) atoms. The van der Waals surface area contributed by atoms with E-state index in [0.29, 0.717) is 74.2 Å². The van der Waals surface area contributed by atoms with Crippen LogP contribution in [-0.4, -0.2) is 110 Å². The number of benzene rings is 2. The van der Waals surface area contributed by atoms with Crippen LogP contribution in [0.5, 0.6) is 0 Å². The first-order chi connectivity index (χ1) is 21.0. The molecule has 3 aromatic rings. The van der Waals surface area contributed by atoms with Crippen LogP contribution in [0.2, 0.25) is 0 Å². The predicted molar refractivity (Wildman–Crippen MR) is 164 cm³/mol. The van der Waals surface area contributed by atoms with Crippen molar-refractivity contribution in [1.29, 1.82) is 0 Å². The molecule has 6 rings (SSSR count). The van der Waals surface area contributed by atoms with Gasteiger partial charge >= 0.3 is 6.03 Å². The molecule has 13 heteroatoms. The molecule has 3 aliphatic heterocycles. The smallest absolute Gasteiger partial charge is 0.323 e. The topological polar surface area (TPSA) is 137 Å². The van der Waals surface area contributed by atoms with E-state index in [1.807, 2.05) is 29.2 Å². The number of amides is 3. The van der Waals surface area contributed by atoms with E-state index >= 15 is 0 Å². The summed E-state index contributed by atoms with van der Waals surface area (Å²) in [6.07, 6.45) is 0. The van der Waals surface area contributed by atoms with E-state index in [4.69, 9.17) is 24.4 Å². The maximum atomic E-state index is 12.8. The van der Waals surface area contributed by atoms with Gasteiger partial charge in [0, 0.05) is 74.4 Å². The van der Waals surface area contributed by atoms with Gasteiger partial charge in [0.2, 0.25) is 11.9 Å². The number of ether oxygens (including phenoxy) is 2. The number of nitrogens with zero attached hydrogens (tertiary/aromatic N) is 6. The normalized spacial score (nSPS) is 19.2. The SMILES string of the molecule is CC1CN(C(=O)c2ccc(NC(=O)Nc3ccc(-c4nc(N5CCOCC5)nc(N5CCOCC5)n4)cc3)cc2)CCN1. The number of piperazine rings is 1. The minimum Gasteiger partial charge on any atom is -0.378 e. The molecule has 13 nitrogen and oxygen atoms in total. The van der Waals surface area contributed by atoms with Gasteiger partial charge in [-0.1, -0.05) is 0 Å². The minimum absolute atomic E-state index is 0.00301. The second kappa shape index (κ2) is 13.3. The number of carbonyl (C=O) groups excluding carboxylic acids is 2. The molecule has 0 spiro atoms. The van der Waals surface area contributed by atoms with E-state index < -0.39 is 0 Å². The van der Waals surface area contributed by atoms with Crippen LogP contribution >= 0.6 is 0 Å². The number of morpholine rings is 2. The van der Waals surface area contributed by atoms with Crippen molar-refractivity contribution in [2.75, 3.05) is 92.7 Å². The molecule has 0 saturated carbocycles. The molecule has 4 heterocycles. The molecule has 1 aromatic heterocycles. The standard InChI is InChI=1S/C30H37N9O4/c1-21-20-39(11-10-31-21)27(40)23-4-8-25(9-5-23)33-30(41)32-24-6-2-22(3-7-24)26-34-28(37-12-16-42-17-13-37)36-29(35-26)38-14-18-43-19-15-38/h2-9,21,31H,10-20H2,1H3,(H2,32,33,41). The lowest BCUT2D eigenvalue weighted by atomic mass is 10.1. The molecule has 3 N–H and O–H groups in total. The van der Waals surface area contributed by atoms with Crippen molar-refractivity contribution < 1.29 is 19.1 Å². The molecule has 226 valence electrons. The average Bonchev–Trinajstić information content (AvgIpc) is 3.06. The Kier molecular flexibility index (Phi) is 8.91. The summed E-state index contributed by atoms with van der Waals surface area (Å²) >= 11 is 0. The van der Waals surface area contributed by atoms with Gasteiger partial charge in [-0.2, -0.15) is 15.0 Å². The minimum atomic E-state index is -0.382. The van der Waals surface area contributed by atoms with E-state index in [9.17, 15) is 9.59 Å². The number of nitrogens with one attached hydrogen (secondary N) is 3. The Balaban J connectivity index is 1.10. The first-order valence-electron chi connectivity index (χ1n) is 14.7. The fourth-order valence-corrected chi connectivity index (χ4v) is 5.28. The molecule has 3 amide bonds. The molecule has 0 bridgehead atoms. The first kappa shape index (κ1) is 28.8. The van der Waals surface area contributed by atoms with E-state index in [2.05, 4.69) is 32.7 Å². The Labute approximate surface area is 250 Å². The van der Waals surface area contributed by atoms with Gasteiger partial charge in [0.25, 0.3) is 5.91 Å². The third-order valence-corrected chi connectivity index (χ3v) is 7.65. The Hall–Kier alpha value is -4.33. The van der Waals surface area contributed by atoms with Crippen LogP contribution in [0.1, 0.15) is 17.3 Å². The fraction of sp³-hybridized carbons (Fsp3) is 0.433. The van der Waals surface area contributed by atoms with Crippen molar-refractivity contribution in [3.05, 3.63) is 54.1 Å². The molecule has 1 unspecified atom stereocenters. The summed E-state index contributed by atoms with van der Waals surface area (Å²) in [7, 11) is 0. The highest BCUT2D eigenvalue weighted by molar-refractivity contribution is 6.00. The third kappa shape index (κ3) is 7.19. The van der Waals surface area contributed by atoms with Crippen molar-refractivity contribution >= 4 is 35.2 Å². The molecular weight excluding hydrogens is 550 g/mol. The Bertz CT molecular complexity index is 1370. The van der Waals surface area contributed by atoms with Crippen LogP contribution in [0.4, 0.5) is 28.1 Å². The molecular formula is C30H37N9O4. The van der Waals surface area contributed by atoms with Crippen LogP contribution in [-0.2, 0) is 9.47 Å². The maximum Gasteiger partial charge on any atom is 0.323 e. The van der Waals surface area contributed by atoms with E-state index in [0.717, 1.165) is 38.3 Å². The molecule has 2 aromatic carbocycles. The number of anilines is 4. The molecule has 1 atom stereocenters. The number of carbonyl (C=O) groups is 2. The molecule has 3 fully saturated rings. The monoisotopic (exact) mass is 587 g/mol. The molecule has 0 radical (unpaired) electrons. The highest BCUT2D eigenvalue weighted by atomic mass is 16.5. The Morgan fingerprint density at radius 2 is 1.30 bits per heavy atom.